The lowest BCUT2D eigenvalue weighted by Crippen LogP contribution is -2.28. The van der Waals surface area contributed by atoms with Gasteiger partial charge in [0.2, 0.25) is 0 Å². The molecule has 0 saturated heterocycles. The van der Waals surface area contributed by atoms with Crippen LogP contribution in [0, 0.1) is 0 Å². The normalized spacial score (nSPS) is 12.0. The second-order valence-corrected chi connectivity index (χ2v) is 5.99. The van der Waals surface area contributed by atoms with Crippen molar-refractivity contribution in [2.24, 2.45) is 0 Å². The van der Waals surface area contributed by atoms with Crippen molar-refractivity contribution >= 4 is 23.2 Å². The molecule has 0 aliphatic heterocycles. The van der Waals surface area contributed by atoms with E-state index in [0.29, 0.717) is 28.9 Å². The van der Waals surface area contributed by atoms with Gasteiger partial charge in [0.1, 0.15) is 6.61 Å². The van der Waals surface area contributed by atoms with E-state index >= 15 is 0 Å². The van der Waals surface area contributed by atoms with Gasteiger partial charge in [-0.1, -0.05) is 35.9 Å². The number of nitrogens with one attached hydrogen (secondary N) is 1. The van der Waals surface area contributed by atoms with Crippen molar-refractivity contribution < 1.29 is 4.74 Å². The minimum Gasteiger partial charge on any atom is -0.486 e. The summed E-state index contributed by atoms with van der Waals surface area (Å²) >= 11 is 12.5. The summed E-state index contributed by atoms with van der Waals surface area (Å²) in [5.41, 5.74) is 1.95. The molecule has 1 atom stereocenters. The van der Waals surface area contributed by atoms with Crippen molar-refractivity contribution in [2.75, 3.05) is 6.61 Å². The molecule has 1 N–H and O–H groups in total. The maximum atomic E-state index is 6.23. The molecule has 0 unspecified atom stereocenters. The summed E-state index contributed by atoms with van der Waals surface area (Å²) in [6.07, 6.45) is 7.59. The fourth-order valence-electron chi connectivity index (χ4n) is 2.11. The van der Waals surface area contributed by atoms with Crippen LogP contribution in [0.2, 0.25) is 10.0 Å². The minimum absolute atomic E-state index is 0.251. The molecule has 0 aliphatic carbocycles. The molecule has 4 nitrogen and oxygen atoms in total. The average molecular weight is 352 g/mol. The van der Waals surface area contributed by atoms with Crippen molar-refractivity contribution in [1.82, 2.24) is 15.3 Å². The van der Waals surface area contributed by atoms with Gasteiger partial charge >= 0.3 is 0 Å². The van der Waals surface area contributed by atoms with Crippen LogP contribution >= 0.6 is 23.2 Å². The predicted octanol–water partition coefficient (Wildman–Crippen LogP) is 4.07. The first kappa shape index (κ1) is 17.7. The molecule has 23 heavy (non-hydrogen) atoms. The Kier molecular flexibility index (Phi) is 6.84. The van der Waals surface area contributed by atoms with Crippen LogP contribution in [0.15, 0.2) is 43.4 Å². The standard InChI is InChI=1S/C17H19Cl2N3O/c1-3-6-23-17-15(18)8-13(9-16(17)19)10-22-12(2)7-14-11-20-4-5-21-14/h3-5,8-9,11-12,22H,1,6-7,10H2,2H3/t12-/m1/s1. The van der Waals surface area contributed by atoms with E-state index < -0.39 is 0 Å². The summed E-state index contributed by atoms with van der Waals surface area (Å²) in [5.74, 6) is 0.490. The predicted molar refractivity (Wildman–Crippen MR) is 94.2 cm³/mol. The third kappa shape index (κ3) is 5.50. The first-order chi connectivity index (χ1) is 11.1. The molecule has 0 fully saturated rings. The molecule has 1 heterocycles. The molecular weight excluding hydrogens is 333 g/mol. The van der Waals surface area contributed by atoms with Crippen molar-refractivity contribution in [3.63, 3.8) is 0 Å². The summed E-state index contributed by atoms with van der Waals surface area (Å²) in [5, 5.41) is 4.42. The smallest absolute Gasteiger partial charge is 0.156 e. The molecule has 122 valence electrons. The Hall–Kier alpha value is -1.62. The van der Waals surface area contributed by atoms with Gasteiger partial charge in [-0.25, -0.2) is 0 Å². The van der Waals surface area contributed by atoms with Gasteiger partial charge in [0.05, 0.1) is 15.7 Å². The topological polar surface area (TPSA) is 47.0 Å². The fraction of sp³-hybridized carbons (Fsp3) is 0.294. The van der Waals surface area contributed by atoms with Gasteiger partial charge in [-0.3, -0.25) is 9.97 Å². The monoisotopic (exact) mass is 351 g/mol. The van der Waals surface area contributed by atoms with Gasteiger partial charge in [-0.2, -0.15) is 0 Å². The van der Waals surface area contributed by atoms with E-state index in [-0.39, 0.29) is 6.04 Å². The molecule has 1 aromatic heterocycles. The lowest BCUT2D eigenvalue weighted by atomic mass is 10.1. The van der Waals surface area contributed by atoms with Gasteiger partial charge in [0.25, 0.3) is 0 Å². The highest BCUT2D eigenvalue weighted by atomic mass is 35.5. The van der Waals surface area contributed by atoms with E-state index in [0.717, 1.165) is 17.7 Å². The number of benzene rings is 1. The molecule has 1 aromatic carbocycles. The number of ether oxygens (including phenoxy) is 1. The number of rotatable bonds is 8. The largest absolute Gasteiger partial charge is 0.486 e. The third-order valence-electron chi connectivity index (χ3n) is 3.19. The molecule has 0 saturated carbocycles. The maximum Gasteiger partial charge on any atom is 0.156 e. The summed E-state index contributed by atoms with van der Waals surface area (Å²) in [6, 6.07) is 3.96. The van der Waals surface area contributed by atoms with E-state index in [1.165, 1.54) is 0 Å². The number of hydrogen-bond donors (Lipinski definition) is 1. The Balaban J connectivity index is 1.94. The van der Waals surface area contributed by atoms with E-state index in [4.69, 9.17) is 27.9 Å². The lowest BCUT2D eigenvalue weighted by molar-refractivity contribution is 0.363. The van der Waals surface area contributed by atoms with Gasteiger partial charge in [0.15, 0.2) is 5.75 Å². The van der Waals surface area contributed by atoms with Crippen LogP contribution in [0.5, 0.6) is 5.75 Å². The average Bonchev–Trinajstić information content (AvgIpc) is 2.53. The van der Waals surface area contributed by atoms with Crippen LogP contribution < -0.4 is 10.1 Å². The molecule has 2 aromatic rings. The molecule has 0 radical (unpaired) electrons. The van der Waals surface area contributed by atoms with Gasteiger partial charge in [0, 0.05) is 37.6 Å². The van der Waals surface area contributed by atoms with Crippen LogP contribution in [0.1, 0.15) is 18.2 Å². The van der Waals surface area contributed by atoms with Crippen LogP contribution in [-0.2, 0) is 13.0 Å². The number of hydrogen-bond acceptors (Lipinski definition) is 4. The number of halogens is 2. The van der Waals surface area contributed by atoms with Crippen LogP contribution in [-0.4, -0.2) is 22.6 Å². The fourth-order valence-corrected chi connectivity index (χ4v) is 2.75. The molecule has 0 aliphatic rings. The van der Waals surface area contributed by atoms with Crippen molar-refractivity contribution in [1.29, 1.82) is 0 Å². The Labute approximate surface area is 146 Å². The second kappa shape index (κ2) is 8.87. The second-order valence-electron chi connectivity index (χ2n) is 5.17. The Morgan fingerprint density at radius 1 is 1.30 bits per heavy atom. The van der Waals surface area contributed by atoms with E-state index in [1.807, 2.05) is 12.1 Å². The molecule has 0 amide bonds. The summed E-state index contributed by atoms with van der Waals surface area (Å²) < 4.78 is 5.46. The molecular formula is C17H19Cl2N3O. The highest BCUT2D eigenvalue weighted by Crippen LogP contribution is 2.34. The molecule has 6 heteroatoms. The van der Waals surface area contributed by atoms with Gasteiger partial charge in [-0.05, 0) is 24.6 Å². The Morgan fingerprint density at radius 2 is 2.04 bits per heavy atom. The van der Waals surface area contributed by atoms with Gasteiger partial charge < -0.3 is 10.1 Å². The molecule has 0 bridgehead atoms. The third-order valence-corrected chi connectivity index (χ3v) is 3.75. The summed E-state index contributed by atoms with van der Waals surface area (Å²) in [7, 11) is 0. The first-order valence-electron chi connectivity index (χ1n) is 7.30. The minimum atomic E-state index is 0.251. The summed E-state index contributed by atoms with van der Waals surface area (Å²) in [6.45, 7) is 6.72. The zero-order valence-electron chi connectivity index (χ0n) is 12.9. The van der Waals surface area contributed by atoms with Crippen LogP contribution in [0.3, 0.4) is 0 Å². The van der Waals surface area contributed by atoms with Crippen molar-refractivity contribution in [3.05, 3.63) is 64.7 Å². The Morgan fingerprint density at radius 3 is 2.65 bits per heavy atom. The van der Waals surface area contributed by atoms with E-state index in [2.05, 4.69) is 28.8 Å². The zero-order chi connectivity index (χ0) is 16.7. The highest BCUT2D eigenvalue weighted by molar-refractivity contribution is 6.37. The molecule has 2 rings (SSSR count). The quantitative estimate of drug-likeness (QED) is 0.728. The highest BCUT2D eigenvalue weighted by Gasteiger charge is 2.10. The maximum absolute atomic E-state index is 6.23. The number of aromatic nitrogens is 2. The number of nitrogens with zero attached hydrogens (tertiary/aromatic N) is 2. The summed E-state index contributed by atoms with van der Waals surface area (Å²) in [4.78, 5) is 8.34. The first-order valence-corrected chi connectivity index (χ1v) is 8.05. The van der Waals surface area contributed by atoms with Crippen LogP contribution in [0.4, 0.5) is 0 Å². The van der Waals surface area contributed by atoms with Crippen molar-refractivity contribution in [2.45, 2.75) is 25.9 Å². The van der Waals surface area contributed by atoms with Crippen LogP contribution in [0.25, 0.3) is 0 Å². The lowest BCUT2D eigenvalue weighted by Gasteiger charge is -2.15. The van der Waals surface area contributed by atoms with E-state index in [9.17, 15) is 0 Å². The van der Waals surface area contributed by atoms with E-state index in [1.54, 1.807) is 24.7 Å². The van der Waals surface area contributed by atoms with Gasteiger partial charge in [-0.15, -0.1) is 0 Å². The SMILES string of the molecule is C=CCOc1c(Cl)cc(CN[C@H](C)Cc2cnccn2)cc1Cl. The zero-order valence-corrected chi connectivity index (χ0v) is 14.4. The molecule has 0 spiro atoms. The Bertz CT molecular complexity index is 627. The van der Waals surface area contributed by atoms with Crippen molar-refractivity contribution in [3.8, 4) is 5.75 Å².